The molecule has 1 saturated carbocycles. The molecule has 4 heteroatoms. The minimum atomic E-state index is -0.813. The first-order valence-corrected chi connectivity index (χ1v) is 10.6. The molecule has 0 radical (unpaired) electrons. The van der Waals surface area contributed by atoms with Gasteiger partial charge in [-0.1, -0.05) is 82.7 Å². The molecule has 1 heterocycles. The van der Waals surface area contributed by atoms with Gasteiger partial charge in [0, 0.05) is 34.8 Å². The average Bonchev–Trinajstić information content (AvgIpc) is 3.02. The fraction of sp³-hybridized carbons (Fsp3) is 0.200. The second-order valence-corrected chi connectivity index (χ2v) is 8.80. The monoisotopic (exact) mass is 445 g/mol. The molecule has 0 bridgehead atoms. The first kappa shape index (κ1) is 18.3. The Morgan fingerprint density at radius 1 is 0.793 bits per heavy atom. The van der Waals surface area contributed by atoms with Gasteiger partial charge in [0.1, 0.15) is 5.78 Å². The van der Waals surface area contributed by atoms with Crippen molar-refractivity contribution in [3.05, 3.63) is 100 Å². The average molecular weight is 446 g/mol. The van der Waals surface area contributed by atoms with E-state index in [2.05, 4.69) is 21.2 Å². The Morgan fingerprint density at radius 2 is 1.34 bits per heavy atom. The van der Waals surface area contributed by atoms with E-state index in [1.54, 1.807) is 0 Å². The second kappa shape index (κ2) is 6.96. The zero-order valence-electron chi connectivity index (χ0n) is 15.8. The predicted molar refractivity (Wildman–Crippen MR) is 117 cm³/mol. The third kappa shape index (κ3) is 2.77. The van der Waals surface area contributed by atoms with E-state index in [-0.39, 0.29) is 23.5 Å². The molecule has 0 saturated heterocycles. The molecule has 0 aromatic heterocycles. The van der Waals surface area contributed by atoms with Gasteiger partial charge in [0.15, 0.2) is 0 Å². The number of carbonyl (C=O) groups is 2. The lowest BCUT2D eigenvalue weighted by Crippen LogP contribution is -2.50. The highest BCUT2D eigenvalue weighted by molar-refractivity contribution is 9.10. The van der Waals surface area contributed by atoms with Crippen molar-refractivity contribution in [2.75, 3.05) is 5.32 Å². The molecule has 5 rings (SSSR count). The molecule has 3 aromatic rings. The SMILES string of the molecule is O=C1C[C@@H](c2ccccc2)C2(C(=O)Nc3cc(Br)ccc32)[C@H](c2ccccc2)C1. The van der Waals surface area contributed by atoms with Crippen LogP contribution >= 0.6 is 15.9 Å². The van der Waals surface area contributed by atoms with E-state index in [9.17, 15) is 9.59 Å². The number of benzene rings is 3. The Kier molecular flexibility index (Phi) is 4.39. The molecule has 2 atom stereocenters. The summed E-state index contributed by atoms with van der Waals surface area (Å²) in [6.45, 7) is 0. The minimum Gasteiger partial charge on any atom is -0.325 e. The fourth-order valence-corrected chi connectivity index (χ4v) is 5.62. The van der Waals surface area contributed by atoms with Crippen molar-refractivity contribution < 1.29 is 9.59 Å². The van der Waals surface area contributed by atoms with E-state index in [0.29, 0.717) is 12.8 Å². The number of halogens is 1. The van der Waals surface area contributed by atoms with Crippen LogP contribution < -0.4 is 5.32 Å². The normalized spacial score (nSPS) is 22.4. The summed E-state index contributed by atoms with van der Waals surface area (Å²) in [5, 5.41) is 3.13. The smallest absolute Gasteiger partial charge is 0.236 e. The van der Waals surface area contributed by atoms with Crippen molar-refractivity contribution in [3.63, 3.8) is 0 Å². The molecule has 1 fully saturated rings. The summed E-state index contributed by atoms with van der Waals surface area (Å²) in [6.07, 6.45) is 0.743. The lowest BCUT2D eigenvalue weighted by molar-refractivity contribution is -0.128. The largest absolute Gasteiger partial charge is 0.325 e. The molecule has 2 aliphatic rings. The molecule has 3 nitrogen and oxygen atoms in total. The van der Waals surface area contributed by atoms with Crippen LogP contribution in [-0.2, 0) is 15.0 Å². The van der Waals surface area contributed by atoms with E-state index in [4.69, 9.17) is 0 Å². The highest BCUT2D eigenvalue weighted by Crippen LogP contribution is 2.60. The van der Waals surface area contributed by atoms with E-state index in [1.807, 2.05) is 78.9 Å². The summed E-state index contributed by atoms with van der Waals surface area (Å²) in [4.78, 5) is 26.7. The van der Waals surface area contributed by atoms with Crippen molar-refractivity contribution in [1.29, 1.82) is 0 Å². The van der Waals surface area contributed by atoms with Gasteiger partial charge in [-0.3, -0.25) is 9.59 Å². The van der Waals surface area contributed by atoms with Gasteiger partial charge >= 0.3 is 0 Å². The van der Waals surface area contributed by atoms with E-state index in [0.717, 1.165) is 26.9 Å². The molecule has 29 heavy (non-hydrogen) atoms. The van der Waals surface area contributed by atoms with Gasteiger partial charge in [-0.2, -0.15) is 0 Å². The predicted octanol–water partition coefficient (Wildman–Crippen LogP) is 5.57. The number of ketones is 1. The zero-order chi connectivity index (χ0) is 20.0. The van der Waals surface area contributed by atoms with Gasteiger partial charge in [0.2, 0.25) is 5.91 Å². The first-order valence-electron chi connectivity index (χ1n) is 9.83. The molecule has 144 valence electrons. The van der Waals surface area contributed by atoms with E-state index < -0.39 is 5.41 Å². The number of carbonyl (C=O) groups excluding carboxylic acids is 2. The third-order valence-corrected chi connectivity index (χ3v) is 6.91. The van der Waals surface area contributed by atoms with E-state index >= 15 is 0 Å². The Bertz CT molecular complexity index is 1040. The van der Waals surface area contributed by atoms with Gasteiger partial charge in [-0.05, 0) is 28.8 Å². The van der Waals surface area contributed by atoms with E-state index in [1.165, 1.54) is 0 Å². The quantitative estimate of drug-likeness (QED) is 0.560. The summed E-state index contributed by atoms with van der Waals surface area (Å²) >= 11 is 3.52. The van der Waals surface area contributed by atoms with Crippen LogP contribution in [0.2, 0.25) is 0 Å². The van der Waals surface area contributed by atoms with Crippen LogP contribution in [0.1, 0.15) is 41.4 Å². The molecule has 3 aromatic carbocycles. The van der Waals surface area contributed by atoms with Crippen molar-refractivity contribution in [1.82, 2.24) is 0 Å². The standard InChI is InChI=1S/C25H20BrNO2/c26-18-11-12-20-23(13-18)27-24(29)25(20)21(16-7-3-1-4-8-16)14-19(28)15-22(25)17-9-5-2-6-10-17/h1-13,21-22H,14-15H2,(H,27,29)/t21-,22-/m0/s1. The van der Waals surface area contributed by atoms with Crippen LogP contribution in [0.4, 0.5) is 5.69 Å². The highest BCUT2D eigenvalue weighted by atomic mass is 79.9. The van der Waals surface area contributed by atoms with Crippen LogP contribution in [0.25, 0.3) is 0 Å². The molecule has 1 amide bonds. The maximum atomic E-state index is 13.8. The van der Waals surface area contributed by atoms with Crippen LogP contribution in [0, 0.1) is 0 Å². The summed E-state index contributed by atoms with van der Waals surface area (Å²) in [5.74, 6) is -0.229. The number of hydrogen-bond donors (Lipinski definition) is 1. The zero-order valence-corrected chi connectivity index (χ0v) is 17.4. The number of amides is 1. The summed E-state index contributed by atoms with van der Waals surface area (Å²) in [5.41, 5.74) is 3.08. The van der Waals surface area contributed by atoms with Gasteiger partial charge < -0.3 is 5.32 Å². The number of fused-ring (bicyclic) bond motifs is 2. The van der Waals surface area contributed by atoms with Gasteiger partial charge in [0.25, 0.3) is 0 Å². The van der Waals surface area contributed by atoms with Gasteiger partial charge in [0.05, 0.1) is 5.41 Å². The van der Waals surface area contributed by atoms with Crippen molar-refractivity contribution in [2.45, 2.75) is 30.1 Å². The molecule has 1 aliphatic heterocycles. The van der Waals surface area contributed by atoms with Crippen LogP contribution in [0.15, 0.2) is 83.3 Å². The number of Topliss-reactive ketones (excluding diaryl/α,β-unsaturated/α-hetero) is 1. The Labute approximate surface area is 178 Å². The maximum absolute atomic E-state index is 13.8. The molecule has 1 spiro atoms. The molecule has 1 aliphatic carbocycles. The lowest BCUT2D eigenvalue weighted by Gasteiger charge is -2.46. The number of anilines is 1. The Morgan fingerprint density at radius 3 is 1.90 bits per heavy atom. The van der Waals surface area contributed by atoms with Gasteiger partial charge in [-0.25, -0.2) is 0 Å². The van der Waals surface area contributed by atoms with Crippen LogP contribution in [0.3, 0.4) is 0 Å². The Balaban J connectivity index is 1.80. The van der Waals surface area contributed by atoms with Crippen molar-refractivity contribution in [2.24, 2.45) is 0 Å². The lowest BCUT2D eigenvalue weighted by atomic mass is 9.54. The molecular weight excluding hydrogens is 426 g/mol. The van der Waals surface area contributed by atoms with Crippen molar-refractivity contribution in [3.8, 4) is 0 Å². The number of hydrogen-bond acceptors (Lipinski definition) is 2. The fourth-order valence-electron chi connectivity index (χ4n) is 5.26. The maximum Gasteiger partial charge on any atom is 0.236 e. The molecular formula is C25H20BrNO2. The van der Waals surface area contributed by atoms with Crippen LogP contribution in [0.5, 0.6) is 0 Å². The molecule has 0 unspecified atom stereocenters. The second-order valence-electron chi connectivity index (χ2n) is 7.89. The summed E-state index contributed by atoms with van der Waals surface area (Å²) < 4.78 is 0.924. The first-order chi connectivity index (χ1) is 14.1. The number of rotatable bonds is 2. The topological polar surface area (TPSA) is 46.2 Å². The minimum absolute atomic E-state index is 0.0131. The third-order valence-electron chi connectivity index (χ3n) is 6.42. The van der Waals surface area contributed by atoms with Crippen molar-refractivity contribution >= 4 is 33.3 Å². The summed E-state index contributed by atoms with van der Waals surface area (Å²) in [6, 6.07) is 26.0. The highest BCUT2D eigenvalue weighted by Gasteiger charge is 2.60. The van der Waals surface area contributed by atoms with Crippen LogP contribution in [-0.4, -0.2) is 11.7 Å². The molecule has 1 N–H and O–H groups in total. The number of nitrogens with one attached hydrogen (secondary N) is 1. The Hall–Kier alpha value is -2.72. The summed E-state index contributed by atoms with van der Waals surface area (Å²) in [7, 11) is 0. The van der Waals surface area contributed by atoms with Gasteiger partial charge in [-0.15, -0.1) is 0 Å².